The minimum Gasteiger partial charge on any atom is -0.497 e. The summed E-state index contributed by atoms with van der Waals surface area (Å²) in [6, 6.07) is 5.67. The van der Waals surface area contributed by atoms with Crippen molar-refractivity contribution in [3.05, 3.63) is 29.3 Å². The zero-order valence-corrected chi connectivity index (χ0v) is 11.4. The van der Waals surface area contributed by atoms with E-state index < -0.39 is 5.60 Å². The van der Waals surface area contributed by atoms with Crippen LogP contribution in [-0.4, -0.2) is 24.8 Å². The van der Waals surface area contributed by atoms with Crippen molar-refractivity contribution in [2.75, 3.05) is 13.7 Å². The van der Waals surface area contributed by atoms with E-state index in [2.05, 4.69) is 0 Å². The van der Waals surface area contributed by atoms with Crippen molar-refractivity contribution in [3.8, 4) is 5.75 Å². The van der Waals surface area contributed by atoms with Gasteiger partial charge in [0.2, 0.25) is 0 Å². The molecule has 0 amide bonds. The number of benzene rings is 1. The summed E-state index contributed by atoms with van der Waals surface area (Å²) in [7, 11) is 1.59. The van der Waals surface area contributed by atoms with Crippen molar-refractivity contribution in [2.24, 2.45) is 0 Å². The molecule has 1 aliphatic rings. The van der Waals surface area contributed by atoms with Crippen LogP contribution in [-0.2, 0) is 21.6 Å². The highest BCUT2D eigenvalue weighted by molar-refractivity contribution is 5.71. The SMILES string of the molecule is CCOC(=O)CC1(O)CCCc2ccc(OC)cc21. The van der Waals surface area contributed by atoms with Gasteiger partial charge in [0, 0.05) is 0 Å². The van der Waals surface area contributed by atoms with E-state index in [0.29, 0.717) is 18.8 Å². The van der Waals surface area contributed by atoms with Crippen molar-refractivity contribution in [1.29, 1.82) is 0 Å². The van der Waals surface area contributed by atoms with Crippen LogP contribution >= 0.6 is 0 Å². The summed E-state index contributed by atoms with van der Waals surface area (Å²) >= 11 is 0. The molecular formula is C15H20O4. The van der Waals surface area contributed by atoms with Crippen LogP contribution < -0.4 is 4.74 Å². The molecule has 0 radical (unpaired) electrons. The third-order valence-corrected chi connectivity index (χ3v) is 3.60. The lowest BCUT2D eigenvalue weighted by atomic mass is 9.77. The average Bonchev–Trinajstić information content (AvgIpc) is 2.39. The highest BCUT2D eigenvalue weighted by atomic mass is 16.5. The Kier molecular flexibility index (Phi) is 4.10. The summed E-state index contributed by atoms with van der Waals surface area (Å²) in [5.41, 5.74) is 0.749. The zero-order chi connectivity index (χ0) is 13.9. The van der Waals surface area contributed by atoms with Gasteiger partial charge in [0.1, 0.15) is 11.4 Å². The molecule has 104 valence electrons. The number of carbonyl (C=O) groups is 1. The fourth-order valence-electron chi connectivity index (χ4n) is 2.67. The lowest BCUT2D eigenvalue weighted by Gasteiger charge is -2.34. The van der Waals surface area contributed by atoms with Gasteiger partial charge in [-0.2, -0.15) is 0 Å². The van der Waals surface area contributed by atoms with Gasteiger partial charge >= 0.3 is 5.97 Å². The molecule has 2 rings (SSSR count). The monoisotopic (exact) mass is 264 g/mol. The number of carbonyl (C=O) groups excluding carboxylic acids is 1. The third-order valence-electron chi connectivity index (χ3n) is 3.60. The van der Waals surface area contributed by atoms with Gasteiger partial charge in [0.05, 0.1) is 20.1 Å². The van der Waals surface area contributed by atoms with Crippen LogP contribution in [0.5, 0.6) is 5.75 Å². The quantitative estimate of drug-likeness (QED) is 0.847. The second-order valence-corrected chi connectivity index (χ2v) is 4.89. The van der Waals surface area contributed by atoms with E-state index in [1.807, 2.05) is 18.2 Å². The molecule has 4 heteroatoms. The Morgan fingerprint density at radius 1 is 1.47 bits per heavy atom. The molecule has 0 spiro atoms. The molecule has 0 saturated heterocycles. The number of hydrogen-bond acceptors (Lipinski definition) is 4. The highest BCUT2D eigenvalue weighted by Gasteiger charge is 2.37. The number of aliphatic hydroxyl groups is 1. The van der Waals surface area contributed by atoms with E-state index in [1.165, 1.54) is 0 Å². The normalized spacial score (nSPS) is 21.6. The number of methoxy groups -OCH3 is 1. The summed E-state index contributed by atoms with van der Waals surface area (Å²) in [5.74, 6) is 0.337. The minimum atomic E-state index is -1.13. The lowest BCUT2D eigenvalue weighted by Crippen LogP contribution is -2.33. The Morgan fingerprint density at radius 2 is 2.26 bits per heavy atom. The predicted molar refractivity (Wildman–Crippen MR) is 71.1 cm³/mol. The molecule has 1 atom stereocenters. The van der Waals surface area contributed by atoms with Crippen molar-refractivity contribution < 1.29 is 19.4 Å². The van der Waals surface area contributed by atoms with Crippen molar-refractivity contribution in [3.63, 3.8) is 0 Å². The molecule has 0 aromatic heterocycles. The molecule has 1 aromatic carbocycles. The van der Waals surface area contributed by atoms with Crippen molar-refractivity contribution in [1.82, 2.24) is 0 Å². The molecule has 0 fully saturated rings. The van der Waals surface area contributed by atoms with Gasteiger partial charge in [-0.3, -0.25) is 4.79 Å². The van der Waals surface area contributed by atoms with Gasteiger partial charge in [-0.05, 0) is 49.4 Å². The number of aryl methyl sites for hydroxylation is 1. The first kappa shape index (κ1) is 13.9. The van der Waals surface area contributed by atoms with E-state index in [4.69, 9.17) is 9.47 Å². The van der Waals surface area contributed by atoms with Crippen LogP contribution in [0.25, 0.3) is 0 Å². The van der Waals surface area contributed by atoms with Gasteiger partial charge in [-0.15, -0.1) is 0 Å². The van der Waals surface area contributed by atoms with E-state index in [1.54, 1.807) is 14.0 Å². The van der Waals surface area contributed by atoms with Crippen molar-refractivity contribution >= 4 is 5.97 Å². The summed E-state index contributed by atoms with van der Waals surface area (Å²) in [5, 5.41) is 10.8. The molecule has 1 aliphatic carbocycles. The van der Waals surface area contributed by atoms with Crippen LogP contribution in [0.3, 0.4) is 0 Å². The summed E-state index contributed by atoms with van der Waals surface area (Å²) < 4.78 is 10.2. The summed E-state index contributed by atoms with van der Waals surface area (Å²) in [6.45, 7) is 2.10. The maximum absolute atomic E-state index is 11.7. The van der Waals surface area contributed by atoms with Gasteiger partial charge in [0.15, 0.2) is 0 Å². The van der Waals surface area contributed by atoms with Crippen LogP contribution in [0, 0.1) is 0 Å². The maximum atomic E-state index is 11.7. The van der Waals surface area contributed by atoms with Gasteiger partial charge in [0.25, 0.3) is 0 Å². The highest BCUT2D eigenvalue weighted by Crippen LogP contribution is 2.39. The van der Waals surface area contributed by atoms with E-state index in [0.717, 1.165) is 24.0 Å². The topological polar surface area (TPSA) is 55.8 Å². The van der Waals surface area contributed by atoms with Crippen LogP contribution in [0.1, 0.15) is 37.3 Å². The molecule has 0 heterocycles. The number of hydrogen-bond donors (Lipinski definition) is 1. The fourth-order valence-corrected chi connectivity index (χ4v) is 2.67. The minimum absolute atomic E-state index is 0.001000. The standard InChI is InChI=1S/C15H20O4/c1-3-19-14(16)10-15(17)8-4-5-11-6-7-12(18-2)9-13(11)15/h6-7,9,17H,3-5,8,10H2,1-2H3. The first-order chi connectivity index (χ1) is 9.09. The Bertz CT molecular complexity index is 469. The average molecular weight is 264 g/mol. The van der Waals surface area contributed by atoms with Crippen molar-refractivity contribution in [2.45, 2.75) is 38.2 Å². The second-order valence-electron chi connectivity index (χ2n) is 4.89. The number of rotatable bonds is 4. The number of fused-ring (bicyclic) bond motifs is 1. The second kappa shape index (κ2) is 5.61. The Hall–Kier alpha value is -1.55. The number of esters is 1. The Morgan fingerprint density at radius 3 is 2.95 bits per heavy atom. The first-order valence-corrected chi connectivity index (χ1v) is 6.64. The Labute approximate surface area is 113 Å². The van der Waals surface area contributed by atoms with E-state index in [9.17, 15) is 9.90 Å². The van der Waals surface area contributed by atoms with Crippen LogP contribution in [0.2, 0.25) is 0 Å². The Balaban J connectivity index is 2.31. The lowest BCUT2D eigenvalue weighted by molar-refractivity contribution is -0.149. The smallest absolute Gasteiger partial charge is 0.309 e. The fraction of sp³-hybridized carbons (Fsp3) is 0.533. The van der Waals surface area contributed by atoms with Gasteiger partial charge in [-0.1, -0.05) is 6.07 Å². The van der Waals surface area contributed by atoms with Gasteiger partial charge in [-0.25, -0.2) is 0 Å². The molecule has 0 bridgehead atoms. The largest absolute Gasteiger partial charge is 0.497 e. The number of ether oxygens (including phenoxy) is 2. The zero-order valence-electron chi connectivity index (χ0n) is 11.4. The third kappa shape index (κ3) is 2.89. The van der Waals surface area contributed by atoms with Crippen LogP contribution in [0.4, 0.5) is 0 Å². The molecule has 1 N–H and O–H groups in total. The predicted octanol–water partition coefficient (Wildman–Crippen LogP) is 2.17. The summed E-state index contributed by atoms with van der Waals surface area (Å²) in [6.07, 6.45) is 2.37. The van der Waals surface area contributed by atoms with E-state index >= 15 is 0 Å². The van der Waals surface area contributed by atoms with Gasteiger partial charge < -0.3 is 14.6 Å². The molecule has 0 saturated carbocycles. The molecule has 4 nitrogen and oxygen atoms in total. The molecule has 1 unspecified atom stereocenters. The molecule has 19 heavy (non-hydrogen) atoms. The van der Waals surface area contributed by atoms with Crippen LogP contribution in [0.15, 0.2) is 18.2 Å². The molecule has 0 aliphatic heterocycles. The molecular weight excluding hydrogens is 244 g/mol. The molecule has 1 aromatic rings. The first-order valence-electron chi connectivity index (χ1n) is 6.64. The van der Waals surface area contributed by atoms with E-state index in [-0.39, 0.29) is 12.4 Å². The summed E-state index contributed by atoms with van der Waals surface area (Å²) in [4.78, 5) is 11.7. The maximum Gasteiger partial charge on any atom is 0.309 e.